The summed E-state index contributed by atoms with van der Waals surface area (Å²) in [4.78, 5) is 12.7. The molecule has 4 nitrogen and oxygen atoms in total. The van der Waals surface area contributed by atoms with Crippen molar-refractivity contribution in [3.8, 4) is 11.1 Å². The predicted molar refractivity (Wildman–Crippen MR) is 100 cm³/mol. The number of benzene rings is 2. The van der Waals surface area contributed by atoms with Crippen molar-refractivity contribution in [2.24, 2.45) is 0 Å². The maximum atomic E-state index is 12.7. The lowest BCUT2D eigenvalue weighted by atomic mass is 10.0. The van der Waals surface area contributed by atoms with Gasteiger partial charge in [-0.2, -0.15) is 0 Å². The first-order chi connectivity index (χ1) is 12.1. The fraction of sp³-hybridized carbons (Fsp3) is 0.250. The molecule has 1 aliphatic carbocycles. The van der Waals surface area contributed by atoms with E-state index >= 15 is 0 Å². The number of hydrogen-bond donors (Lipinski definition) is 0. The number of Topliss-reactive ketones (excluding diaryl/α,β-unsaturated/α-hetero) is 1. The van der Waals surface area contributed by atoms with Crippen LogP contribution < -0.4 is 0 Å². The van der Waals surface area contributed by atoms with Gasteiger partial charge >= 0.3 is 0 Å². The first kappa shape index (κ1) is 16.1. The first-order valence-electron chi connectivity index (χ1n) is 8.40. The molecule has 0 aliphatic heterocycles. The van der Waals surface area contributed by atoms with E-state index in [0.29, 0.717) is 5.75 Å². The molecule has 0 saturated carbocycles. The monoisotopic (exact) mass is 349 g/mol. The van der Waals surface area contributed by atoms with Gasteiger partial charge in [0.15, 0.2) is 10.9 Å². The summed E-state index contributed by atoms with van der Waals surface area (Å²) in [5.74, 6) is 0.488. The molecule has 1 heterocycles. The summed E-state index contributed by atoms with van der Waals surface area (Å²) in [5.41, 5.74) is 5.83. The summed E-state index contributed by atoms with van der Waals surface area (Å²) < 4.78 is 1.98. The molecule has 0 unspecified atom stereocenters. The lowest BCUT2D eigenvalue weighted by Gasteiger charge is -2.09. The maximum Gasteiger partial charge on any atom is 0.191 e. The van der Waals surface area contributed by atoms with Crippen LogP contribution >= 0.6 is 11.8 Å². The third kappa shape index (κ3) is 3.00. The van der Waals surface area contributed by atoms with Crippen LogP contribution in [0, 0.1) is 0 Å². The number of ketones is 1. The Kier molecular flexibility index (Phi) is 4.17. The highest BCUT2D eigenvalue weighted by Gasteiger charge is 2.20. The summed E-state index contributed by atoms with van der Waals surface area (Å²) in [5, 5.41) is 8.85. The normalized spacial score (nSPS) is 12.3. The number of thioether (sulfide) groups is 1. The SMILES string of the molecule is CC(C)n1cnnc1SCC(=O)c1ccc2c(c1)-c1ccccc1C2. The zero-order valence-corrected chi connectivity index (χ0v) is 15.1. The van der Waals surface area contributed by atoms with Crippen molar-refractivity contribution >= 4 is 17.5 Å². The van der Waals surface area contributed by atoms with Gasteiger partial charge in [-0.3, -0.25) is 4.79 Å². The van der Waals surface area contributed by atoms with Gasteiger partial charge in [0.1, 0.15) is 6.33 Å². The van der Waals surface area contributed by atoms with Crippen LogP contribution in [0.3, 0.4) is 0 Å². The highest BCUT2D eigenvalue weighted by atomic mass is 32.2. The number of hydrogen-bond acceptors (Lipinski definition) is 4. The van der Waals surface area contributed by atoms with E-state index in [4.69, 9.17) is 0 Å². The summed E-state index contributed by atoms with van der Waals surface area (Å²) in [6.07, 6.45) is 2.66. The number of carbonyl (C=O) groups is 1. The third-order valence-corrected chi connectivity index (χ3v) is 5.51. The quantitative estimate of drug-likeness (QED) is 0.396. The Labute approximate surface area is 151 Å². The van der Waals surface area contributed by atoms with Crippen LogP contribution in [-0.4, -0.2) is 26.3 Å². The van der Waals surface area contributed by atoms with Crippen LogP contribution in [-0.2, 0) is 6.42 Å². The van der Waals surface area contributed by atoms with Gasteiger partial charge < -0.3 is 4.57 Å². The molecule has 0 atom stereocenters. The van der Waals surface area contributed by atoms with Gasteiger partial charge in [0, 0.05) is 11.6 Å². The van der Waals surface area contributed by atoms with Crippen LogP contribution in [0.4, 0.5) is 0 Å². The third-order valence-electron chi connectivity index (χ3n) is 4.55. The molecular weight excluding hydrogens is 330 g/mol. The second kappa shape index (κ2) is 6.48. The Morgan fingerprint density at radius 2 is 1.96 bits per heavy atom. The molecule has 0 radical (unpaired) electrons. The molecular formula is C20H19N3OS. The fourth-order valence-electron chi connectivity index (χ4n) is 3.20. The van der Waals surface area contributed by atoms with Crippen molar-refractivity contribution in [3.05, 3.63) is 65.5 Å². The van der Waals surface area contributed by atoms with Gasteiger partial charge in [0.25, 0.3) is 0 Å². The van der Waals surface area contributed by atoms with Crippen molar-refractivity contribution in [3.63, 3.8) is 0 Å². The lowest BCUT2D eigenvalue weighted by molar-refractivity contribution is 0.102. The Hall–Kier alpha value is -2.40. The van der Waals surface area contributed by atoms with Crippen molar-refractivity contribution in [2.75, 3.05) is 5.75 Å². The Bertz CT molecular complexity index is 946. The molecule has 25 heavy (non-hydrogen) atoms. The van der Waals surface area contributed by atoms with Crippen molar-refractivity contribution < 1.29 is 4.79 Å². The Morgan fingerprint density at radius 3 is 2.80 bits per heavy atom. The van der Waals surface area contributed by atoms with Crippen LogP contribution in [0.25, 0.3) is 11.1 Å². The van der Waals surface area contributed by atoms with Crippen LogP contribution in [0.2, 0.25) is 0 Å². The molecule has 1 aliphatic rings. The summed E-state index contributed by atoms with van der Waals surface area (Å²) in [6.45, 7) is 4.15. The molecule has 0 N–H and O–H groups in total. The van der Waals surface area contributed by atoms with E-state index < -0.39 is 0 Å². The molecule has 2 aromatic carbocycles. The summed E-state index contributed by atoms with van der Waals surface area (Å²) in [7, 11) is 0. The van der Waals surface area contributed by atoms with Crippen molar-refractivity contribution in [2.45, 2.75) is 31.5 Å². The second-order valence-corrected chi connectivity index (χ2v) is 7.47. The van der Waals surface area contributed by atoms with E-state index in [1.807, 2.05) is 16.7 Å². The zero-order valence-electron chi connectivity index (χ0n) is 14.3. The summed E-state index contributed by atoms with van der Waals surface area (Å²) >= 11 is 1.44. The van der Waals surface area contributed by atoms with E-state index in [1.54, 1.807) is 6.33 Å². The molecule has 4 rings (SSSR count). The predicted octanol–water partition coefficient (Wildman–Crippen LogP) is 4.41. The molecule has 1 aromatic heterocycles. The first-order valence-corrected chi connectivity index (χ1v) is 9.39. The van der Waals surface area contributed by atoms with Crippen LogP contribution in [0.1, 0.15) is 41.4 Å². The van der Waals surface area contributed by atoms with Crippen molar-refractivity contribution in [1.29, 1.82) is 0 Å². The van der Waals surface area contributed by atoms with Gasteiger partial charge in [-0.25, -0.2) is 0 Å². The van der Waals surface area contributed by atoms with Gasteiger partial charge in [0.05, 0.1) is 5.75 Å². The van der Waals surface area contributed by atoms with Gasteiger partial charge in [-0.05, 0) is 48.6 Å². The van der Waals surface area contributed by atoms with Crippen LogP contribution in [0.15, 0.2) is 53.9 Å². The smallest absolute Gasteiger partial charge is 0.191 e. The molecule has 3 aromatic rings. The summed E-state index contributed by atoms with van der Waals surface area (Å²) in [6, 6.07) is 14.8. The number of carbonyl (C=O) groups excluding carboxylic acids is 1. The van der Waals surface area contributed by atoms with E-state index in [-0.39, 0.29) is 11.8 Å². The average Bonchev–Trinajstić information content (AvgIpc) is 3.23. The fourth-order valence-corrected chi connectivity index (χ4v) is 4.14. The minimum absolute atomic E-state index is 0.121. The number of nitrogens with zero attached hydrogens (tertiary/aromatic N) is 3. The average molecular weight is 349 g/mol. The largest absolute Gasteiger partial charge is 0.306 e. The molecule has 0 saturated heterocycles. The lowest BCUT2D eigenvalue weighted by Crippen LogP contribution is -2.06. The van der Waals surface area contributed by atoms with E-state index in [2.05, 4.69) is 54.4 Å². The molecule has 0 fully saturated rings. The standard InChI is InChI=1S/C20H19N3OS/c1-13(2)23-12-21-22-20(23)25-11-19(24)16-8-7-15-9-14-5-3-4-6-17(14)18(15)10-16/h3-8,10,12-13H,9,11H2,1-2H3. The van der Waals surface area contributed by atoms with Gasteiger partial charge in [-0.15, -0.1) is 10.2 Å². The second-order valence-electron chi connectivity index (χ2n) is 6.53. The topological polar surface area (TPSA) is 47.8 Å². The molecule has 5 heteroatoms. The van der Waals surface area contributed by atoms with Gasteiger partial charge in [-0.1, -0.05) is 48.2 Å². The minimum Gasteiger partial charge on any atom is -0.306 e. The van der Waals surface area contributed by atoms with E-state index in [0.717, 1.165) is 17.1 Å². The Balaban J connectivity index is 1.53. The van der Waals surface area contributed by atoms with Crippen molar-refractivity contribution in [1.82, 2.24) is 14.8 Å². The zero-order chi connectivity index (χ0) is 17.4. The number of fused-ring (bicyclic) bond motifs is 3. The highest BCUT2D eigenvalue weighted by molar-refractivity contribution is 7.99. The molecule has 0 spiro atoms. The van der Waals surface area contributed by atoms with E-state index in [1.165, 1.54) is 34.0 Å². The minimum atomic E-state index is 0.121. The van der Waals surface area contributed by atoms with E-state index in [9.17, 15) is 4.79 Å². The molecule has 0 amide bonds. The van der Waals surface area contributed by atoms with Crippen LogP contribution in [0.5, 0.6) is 0 Å². The Morgan fingerprint density at radius 1 is 1.16 bits per heavy atom. The van der Waals surface area contributed by atoms with Gasteiger partial charge in [0.2, 0.25) is 0 Å². The maximum absolute atomic E-state index is 12.7. The number of aromatic nitrogens is 3. The highest BCUT2D eigenvalue weighted by Crippen LogP contribution is 2.37. The number of rotatable bonds is 5. The molecule has 126 valence electrons. The molecule has 0 bridgehead atoms.